The molecule has 1 N–H and O–H groups in total. The summed E-state index contributed by atoms with van der Waals surface area (Å²) in [4.78, 5) is 4.65. The Morgan fingerprint density at radius 1 is 1.21 bits per heavy atom. The predicted molar refractivity (Wildman–Crippen MR) is 79.8 cm³/mol. The highest BCUT2D eigenvalue weighted by Gasteiger charge is 2.01. The van der Waals surface area contributed by atoms with Gasteiger partial charge < -0.3 is 10.1 Å². The van der Waals surface area contributed by atoms with Gasteiger partial charge in [0.1, 0.15) is 5.75 Å². The molecule has 0 aliphatic carbocycles. The van der Waals surface area contributed by atoms with E-state index in [-0.39, 0.29) is 0 Å². The third-order valence-electron chi connectivity index (χ3n) is 3.12. The lowest BCUT2D eigenvalue weighted by Crippen LogP contribution is -2.11. The fourth-order valence-electron chi connectivity index (χ4n) is 1.96. The molecular weight excluding hydrogens is 236 g/mol. The van der Waals surface area contributed by atoms with E-state index in [4.69, 9.17) is 4.74 Å². The van der Waals surface area contributed by atoms with Gasteiger partial charge in [-0.1, -0.05) is 19.4 Å². The third-order valence-corrected chi connectivity index (χ3v) is 3.12. The average Bonchev–Trinajstić information content (AvgIpc) is 2.45. The van der Waals surface area contributed by atoms with Crippen molar-refractivity contribution in [3.8, 4) is 5.75 Å². The maximum absolute atomic E-state index is 5.71. The number of hydrogen-bond donors (Lipinski definition) is 1. The van der Waals surface area contributed by atoms with E-state index in [9.17, 15) is 0 Å². The molecule has 0 aliphatic heterocycles. The van der Waals surface area contributed by atoms with Crippen LogP contribution in [0, 0.1) is 0 Å². The Hall–Kier alpha value is -1.61. The highest BCUT2D eigenvalue weighted by molar-refractivity contribution is 5.80. The number of fused-ring (bicyclic) bond motifs is 1. The molecule has 19 heavy (non-hydrogen) atoms. The number of likely N-dealkylation sites (N-methyl/N-ethyl adjacent to an activating group) is 1. The Labute approximate surface area is 115 Å². The maximum Gasteiger partial charge on any atom is 0.120 e. The van der Waals surface area contributed by atoms with Crippen LogP contribution in [0.25, 0.3) is 10.9 Å². The number of unbranched alkanes of at least 4 members (excludes halogenated alkanes) is 1. The molecule has 102 valence electrons. The summed E-state index contributed by atoms with van der Waals surface area (Å²) in [6, 6.07) is 10.3. The first-order valence-electron chi connectivity index (χ1n) is 7.00. The van der Waals surface area contributed by atoms with Crippen LogP contribution >= 0.6 is 0 Å². The van der Waals surface area contributed by atoms with Gasteiger partial charge in [0.25, 0.3) is 0 Å². The van der Waals surface area contributed by atoms with Crippen molar-refractivity contribution < 1.29 is 4.74 Å². The summed E-state index contributed by atoms with van der Waals surface area (Å²) in [5, 5.41) is 4.28. The molecule has 2 rings (SSSR count). The first kappa shape index (κ1) is 13.8. The standard InChI is InChI=1S/C16H22N2O/c1-3-4-11-19-15-7-8-16-13(12-15)5-6-14(18-16)9-10-17-2/h5-8,12,17H,3-4,9-11H2,1-2H3. The predicted octanol–water partition coefficient (Wildman–Crippen LogP) is 3.18. The number of hydrogen-bond acceptors (Lipinski definition) is 3. The van der Waals surface area contributed by atoms with Gasteiger partial charge in [0.2, 0.25) is 0 Å². The zero-order valence-electron chi connectivity index (χ0n) is 11.8. The Morgan fingerprint density at radius 2 is 2.11 bits per heavy atom. The minimum Gasteiger partial charge on any atom is -0.494 e. The van der Waals surface area contributed by atoms with Gasteiger partial charge in [-0.3, -0.25) is 4.98 Å². The van der Waals surface area contributed by atoms with Gasteiger partial charge in [-0.2, -0.15) is 0 Å². The highest BCUT2D eigenvalue weighted by atomic mass is 16.5. The van der Waals surface area contributed by atoms with Crippen LogP contribution in [-0.4, -0.2) is 25.2 Å². The molecule has 0 saturated heterocycles. The van der Waals surface area contributed by atoms with E-state index in [2.05, 4.69) is 35.4 Å². The first-order valence-corrected chi connectivity index (χ1v) is 7.00. The number of benzene rings is 1. The van der Waals surface area contributed by atoms with Gasteiger partial charge >= 0.3 is 0 Å². The SMILES string of the molecule is CCCCOc1ccc2nc(CCNC)ccc2c1. The summed E-state index contributed by atoms with van der Waals surface area (Å²) in [7, 11) is 1.96. The fraction of sp³-hybridized carbons (Fsp3) is 0.438. The second kappa shape index (κ2) is 7.10. The second-order valence-corrected chi connectivity index (χ2v) is 4.71. The maximum atomic E-state index is 5.71. The van der Waals surface area contributed by atoms with E-state index in [0.29, 0.717) is 0 Å². The van der Waals surface area contributed by atoms with Crippen molar-refractivity contribution in [1.29, 1.82) is 0 Å². The number of aromatic nitrogens is 1. The van der Waals surface area contributed by atoms with Gasteiger partial charge in [-0.25, -0.2) is 0 Å². The molecule has 1 aromatic carbocycles. The van der Waals surface area contributed by atoms with Gasteiger partial charge in [0.15, 0.2) is 0 Å². The topological polar surface area (TPSA) is 34.1 Å². The molecule has 1 heterocycles. The molecule has 2 aromatic rings. The highest BCUT2D eigenvalue weighted by Crippen LogP contribution is 2.20. The Kier molecular flexibility index (Phi) is 5.16. The monoisotopic (exact) mass is 258 g/mol. The van der Waals surface area contributed by atoms with Crippen LogP contribution in [0.2, 0.25) is 0 Å². The molecule has 0 fully saturated rings. The van der Waals surface area contributed by atoms with Crippen LogP contribution in [0.4, 0.5) is 0 Å². The lowest BCUT2D eigenvalue weighted by molar-refractivity contribution is 0.310. The van der Waals surface area contributed by atoms with Crippen molar-refractivity contribution in [3.63, 3.8) is 0 Å². The van der Waals surface area contributed by atoms with Crippen LogP contribution < -0.4 is 10.1 Å². The fourth-order valence-corrected chi connectivity index (χ4v) is 1.96. The molecule has 0 atom stereocenters. The largest absolute Gasteiger partial charge is 0.494 e. The molecular formula is C16H22N2O. The van der Waals surface area contributed by atoms with Crippen molar-refractivity contribution in [2.45, 2.75) is 26.2 Å². The first-order chi connectivity index (χ1) is 9.33. The van der Waals surface area contributed by atoms with Gasteiger partial charge in [0.05, 0.1) is 12.1 Å². The smallest absolute Gasteiger partial charge is 0.120 e. The van der Waals surface area contributed by atoms with Gasteiger partial charge in [-0.15, -0.1) is 0 Å². The number of pyridine rings is 1. The van der Waals surface area contributed by atoms with Crippen molar-refractivity contribution in [3.05, 3.63) is 36.0 Å². The molecule has 0 amide bonds. The van der Waals surface area contributed by atoms with Crippen LogP contribution in [0.5, 0.6) is 5.75 Å². The summed E-state index contributed by atoms with van der Waals surface area (Å²) in [6.45, 7) is 3.91. The summed E-state index contributed by atoms with van der Waals surface area (Å²) in [5.41, 5.74) is 2.16. The van der Waals surface area contributed by atoms with Crippen LogP contribution in [0.1, 0.15) is 25.5 Å². The lowest BCUT2D eigenvalue weighted by atomic mass is 10.1. The molecule has 3 nitrogen and oxygen atoms in total. The van der Waals surface area contributed by atoms with Crippen molar-refractivity contribution in [1.82, 2.24) is 10.3 Å². The van der Waals surface area contributed by atoms with E-state index < -0.39 is 0 Å². The number of rotatable bonds is 7. The van der Waals surface area contributed by atoms with Crippen molar-refractivity contribution >= 4 is 10.9 Å². The van der Waals surface area contributed by atoms with Crippen LogP contribution in [0.3, 0.4) is 0 Å². The molecule has 0 aliphatic rings. The minimum atomic E-state index is 0.787. The molecule has 0 saturated carbocycles. The van der Waals surface area contributed by atoms with Gasteiger partial charge in [-0.05, 0) is 37.7 Å². The van der Waals surface area contributed by atoms with Crippen LogP contribution in [-0.2, 0) is 6.42 Å². The van der Waals surface area contributed by atoms with E-state index in [1.54, 1.807) is 0 Å². The van der Waals surface area contributed by atoms with Crippen molar-refractivity contribution in [2.24, 2.45) is 0 Å². The number of nitrogens with one attached hydrogen (secondary N) is 1. The molecule has 0 unspecified atom stereocenters. The Bertz CT molecular complexity index is 525. The second-order valence-electron chi connectivity index (χ2n) is 4.71. The summed E-state index contributed by atoms with van der Waals surface area (Å²) in [5.74, 6) is 0.936. The number of ether oxygens (including phenoxy) is 1. The summed E-state index contributed by atoms with van der Waals surface area (Å²) in [6.07, 6.45) is 3.21. The summed E-state index contributed by atoms with van der Waals surface area (Å²) >= 11 is 0. The average molecular weight is 258 g/mol. The van der Waals surface area contributed by atoms with E-state index in [0.717, 1.165) is 54.8 Å². The van der Waals surface area contributed by atoms with E-state index >= 15 is 0 Å². The molecule has 3 heteroatoms. The lowest BCUT2D eigenvalue weighted by Gasteiger charge is -2.07. The quantitative estimate of drug-likeness (QED) is 0.775. The Morgan fingerprint density at radius 3 is 2.89 bits per heavy atom. The summed E-state index contributed by atoms with van der Waals surface area (Å²) < 4.78 is 5.71. The molecule has 1 aromatic heterocycles. The van der Waals surface area contributed by atoms with Crippen molar-refractivity contribution in [2.75, 3.05) is 20.2 Å². The minimum absolute atomic E-state index is 0.787. The Balaban J connectivity index is 2.11. The number of nitrogens with zero attached hydrogens (tertiary/aromatic N) is 1. The van der Waals surface area contributed by atoms with Gasteiger partial charge in [0, 0.05) is 24.0 Å². The molecule has 0 radical (unpaired) electrons. The normalized spacial score (nSPS) is 10.8. The van der Waals surface area contributed by atoms with E-state index in [1.807, 2.05) is 19.2 Å². The van der Waals surface area contributed by atoms with Crippen LogP contribution in [0.15, 0.2) is 30.3 Å². The zero-order valence-corrected chi connectivity index (χ0v) is 11.8. The molecule has 0 bridgehead atoms. The zero-order chi connectivity index (χ0) is 13.5. The third kappa shape index (κ3) is 3.93. The molecule has 0 spiro atoms. The van der Waals surface area contributed by atoms with E-state index in [1.165, 1.54) is 0 Å².